The molecule has 1 atom stereocenters. The number of nitrogens with one attached hydrogen (secondary N) is 1. The third-order valence-electron chi connectivity index (χ3n) is 4.31. The number of benzene rings is 1. The summed E-state index contributed by atoms with van der Waals surface area (Å²) in [5.74, 6) is 0.451. The molecule has 0 aliphatic carbocycles. The highest BCUT2D eigenvalue weighted by molar-refractivity contribution is 5.19. The van der Waals surface area contributed by atoms with Crippen molar-refractivity contribution in [3.8, 4) is 0 Å². The second-order valence-electron chi connectivity index (χ2n) is 5.85. The van der Waals surface area contributed by atoms with Gasteiger partial charge in [0.1, 0.15) is 5.82 Å². The maximum Gasteiger partial charge on any atom is 0.123 e. The first-order valence-corrected chi connectivity index (χ1v) is 7.12. The van der Waals surface area contributed by atoms with Crippen molar-refractivity contribution in [3.63, 3.8) is 0 Å². The van der Waals surface area contributed by atoms with Gasteiger partial charge < -0.3 is 5.32 Å². The zero-order valence-corrected chi connectivity index (χ0v) is 11.5. The first kappa shape index (κ1) is 13.5. The average molecular weight is 249 g/mol. The topological polar surface area (TPSA) is 12.0 Å². The van der Waals surface area contributed by atoms with Crippen molar-refractivity contribution in [3.05, 3.63) is 35.6 Å². The Balaban J connectivity index is 2.16. The Morgan fingerprint density at radius 1 is 1.17 bits per heavy atom. The second-order valence-corrected chi connectivity index (χ2v) is 5.85. The molecule has 0 spiro atoms. The molecular weight excluding hydrogens is 225 g/mol. The molecule has 1 N–H and O–H groups in total. The van der Waals surface area contributed by atoms with Gasteiger partial charge in [-0.15, -0.1) is 0 Å². The lowest BCUT2D eigenvalue weighted by Gasteiger charge is -2.38. The fourth-order valence-corrected chi connectivity index (χ4v) is 2.98. The van der Waals surface area contributed by atoms with Gasteiger partial charge in [0.2, 0.25) is 0 Å². The SMILES string of the molecule is CC(C)C1(Cc2ccc(F)cc2)CCCCCN1. The molecule has 0 aromatic heterocycles. The Hall–Kier alpha value is -0.890. The van der Waals surface area contributed by atoms with E-state index in [1.807, 2.05) is 12.1 Å². The van der Waals surface area contributed by atoms with Crippen molar-refractivity contribution in [2.24, 2.45) is 5.92 Å². The molecule has 1 aromatic carbocycles. The molecule has 1 fully saturated rings. The number of rotatable bonds is 3. The summed E-state index contributed by atoms with van der Waals surface area (Å²) in [5, 5.41) is 3.76. The maximum atomic E-state index is 13.0. The third kappa shape index (κ3) is 3.11. The molecule has 1 aliphatic rings. The van der Waals surface area contributed by atoms with Crippen molar-refractivity contribution in [1.29, 1.82) is 0 Å². The molecular formula is C16H24FN. The van der Waals surface area contributed by atoms with Crippen LogP contribution in [0.3, 0.4) is 0 Å². The number of hydrogen-bond donors (Lipinski definition) is 1. The quantitative estimate of drug-likeness (QED) is 0.856. The lowest BCUT2D eigenvalue weighted by molar-refractivity contribution is 0.226. The van der Waals surface area contributed by atoms with E-state index in [4.69, 9.17) is 0 Å². The fourth-order valence-electron chi connectivity index (χ4n) is 2.98. The van der Waals surface area contributed by atoms with E-state index in [1.165, 1.54) is 31.2 Å². The molecule has 2 rings (SSSR count). The lowest BCUT2D eigenvalue weighted by Crippen LogP contribution is -2.50. The van der Waals surface area contributed by atoms with Crippen molar-refractivity contribution in [1.82, 2.24) is 5.32 Å². The molecule has 1 aromatic rings. The van der Waals surface area contributed by atoms with Crippen LogP contribution in [0, 0.1) is 11.7 Å². The van der Waals surface area contributed by atoms with E-state index in [2.05, 4.69) is 19.2 Å². The average Bonchev–Trinajstić information content (AvgIpc) is 2.59. The normalized spacial score (nSPS) is 25.1. The number of hydrogen-bond acceptors (Lipinski definition) is 1. The molecule has 1 heterocycles. The minimum atomic E-state index is -0.147. The van der Waals surface area contributed by atoms with Crippen LogP contribution in [0.15, 0.2) is 24.3 Å². The highest BCUT2D eigenvalue weighted by atomic mass is 19.1. The van der Waals surface area contributed by atoms with Crippen molar-refractivity contribution >= 4 is 0 Å². The molecule has 1 saturated heterocycles. The first-order valence-electron chi connectivity index (χ1n) is 7.12. The summed E-state index contributed by atoms with van der Waals surface area (Å²) in [6.45, 7) is 5.70. The van der Waals surface area contributed by atoms with Gasteiger partial charge in [-0.25, -0.2) is 4.39 Å². The van der Waals surface area contributed by atoms with Crippen molar-refractivity contribution < 1.29 is 4.39 Å². The molecule has 100 valence electrons. The van der Waals surface area contributed by atoms with Gasteiger partial charge in [-0.1, -0.05) is 38.8 Å². The van der Waals surface area contributed by atoms with Gasteiger partial charge in [0.15, 0.2) is 0 Å². The predicted octanol–water partition coefficient (Wildman–Crippen LogP) is 3.93. The van der Waals surface area contributed by atoms with Crippen LogP contribution in [0.1, 0.15) is 45.1 Å². The molecule has 1 unspecified atom stereocenters. The van der Waals surface area contributed by atoms with Crippen LogP contribution < -0.4 is 5.32 Å². The third-order valence-corrected chi connectivity index (χ3v) is 4.31. The maximum absolute atomic E-state index is 13.0. The second kappa shape index (κ2) is 5.83. The Morgan fingerprint density at radius 2 is 1.89 bits per heavy atom. The summed E-state index contributed by atoms with van der Waals surface area (Å²) >= 11 is 0. The van der Waals surface area contributed by atoms with E-state index < -0.39 is 0 Å². The Kier molecular flexibility index (Phi) is 4.39. The van der Waals surface area contributed by atoms with E-state index in [9.17, 15) is 4.39 Å². The summed E-state index contributed by atoms with van der Waals surface area (Å²) in [5.41, 5.74) is 1.42. The van der Waals surface area contributed by atoms with Gasteiger partial charge in [-0.05, 0) is 49.4 Å². The van der Waals surface area contributed by atoms with Crippen molar-refractivity contribution in [2.75, 3.05) is 6.54 Å². The van der Waals surface area contributed by atoms with E-state index in [1.54, 1.807) is 12.1 Å². The van der Waals surface area contributed by atoms with Crippen LogP contribution >= 0.6 is 0 Å². The van der Waals surface area contributed by atoms with Gasteiger partial charge >= 0.3 is 0 Å². The van der Waals surface area contributed by atoms with E-state index >= 15 is 0 Å². The molecule has 18 heavy (non-hydrogen) atoms. The van der Waals surface area contributed by atoms with E-state index in [0.29, 0.717) is 5.92 Å². The van der Waals surface area contributed by atoms with Crippen LogP contribution in [0.5, 0.6) is 0 Å². The molecule has 0 amide bonds. The van der Waals surface area contributed by atoms with Crippen LogP contribution in [0.4, 0.5) is 4.39 Å². The molecule has 1 nitrogen and oxygen atoms in total. The standard InChI is InChI=1S/C16H24FN/c1-13(2)16(10-4-3-5-11-18-16)12-14-6-8-15(17)9-7-14/h6-9,13,18H,3-5,10-12H2,1-2H3. The van der Waals surface area contributed by atoms with E-state index in [-0.39, 0.29) is 11.4 Å². The highest BCUT2D eigenvalue weighted by Gasteiger charge is 2.33. The molecule has 1 aliphatic heterocycles. The molecule has 0 saturated carbocycles. The smallest absolute Gasteiger partial charge is 0.123 e. The van der Waals surface area contributed by atoms with Crippen LogP contribution in [0.2, 0.25) is 0 Å². The van der Waals surface area contributed by atoms with Gasteiger partial charge in [-0.3, -0.25) is 0 Å². The monoisotopic (exact) mass is 249 g/mol. The summed E-state index contributed by atoms with van der Waals surface area (Å²) in [6.07, 6.45) is 6.13. The van der Waals surface area contributed by atoms with Crippen LogP contribution in [0.25, 0.3) is 0 Å². The molecule has 2 heteroatoms. The summed E-state index contributed by atoms with van der Waals surface area (Å²) in [4.78, 5) is 0. The highest BCUT2D eigenvalue weighted by Crippen LogP contribution is 2.30. The Labute approximate surface area is 110 Å². The molecule has 0 radical (unpaired) electrons. The fraction of sp³-hybridized carbons (Fsp3) is 0.625. The van der Waals surface area contributed by atoms with Gasteiger partial charge in [0.05, 0.1) is 0 Å². The van der Waals surface area contributed by atoms with E-state index in [0.717, 1.165) is 13.0 Å². The summed E-state index contributed by atoms with van der Waals surface area (Å²) < 4.78 is 13.0. The minimum Gasteiger partial charge on any atom is -0.311 e. The largest absolute Gasteiger partial charge is 0.311 e. The summed E-state index contributed by atoms with van der Waals surface area (Å²) in [7, 11) is 0. The first-order chi connectivity index (χ1) is 8.62. The van der Waals surface area contributed by atoms with Gasteiger partial charge in [0.25, 0.3) is 0 Å². The zero-order valence-electron chi connectivity index (χ0n) is 11.5. The Morgan fingerprint density at radius 3 is 2.56 bits per heavy atom. The lowest BCUT2D eigenvalue weighted by atomic mass is 9.77. The predicted molar refractivity (Wildman–Crippen MR) is 74.1 cm³/mol. The minimum absolute atomic E-state index is 0.147. The van der Waals surface area contributed by atoms with Crippen molar-refractivity contribution in [2.45, 2.75) is 51.5 Å². The molecule has 0 bridgehead atoms. The van der Waals surface area contributed by atoms with Gasteiger partial charge in [-0.2, -0.15) is 0 Å². The van der Waals surface area contributed by atoms with Gasteiger partial charge in [0, 0.05) is 5.54 Å². The zero-order chi connectivity index (χ0) is 13.0. The van der Waals surface area contributed by atoms with Crippen LogP contribution in [-0.2, 0) is 6.42 Å². The summed E-state index contributed by atoms with van der Waals surface area (Å²) in [6, 6.07) is 6.98. The van der Waals surface area contributed by atoms with Crippen LogP contribution in [-0.4, -0.2) is 12.1 Å². The Bertz CT molecular complexity index is 361. The number of halogens is 1.